The van der Waals surface area contributed by atoms with Crippen molar-refractivity contribution in [3.05, 3.63) is 90.3 Å². The van der Waals surface area contributed by atoms with Gasteiger partial charge in [-0.05, 0) is 104 Å². The maximum absolute atomic E-state index is 16.5. The van der Waals surface area contributed by atoms with Crippen LogP contribution in [-0.2, 0) is 25.7 Å². The van der Waals surface area contributed by atoms with E-state index in [1.165, 1.54) is 6.33 Å². The number of piperidine rings is 1. The SMILES string of the molecule is Nc1ncnc2c1c(-c1ccc(Oc3ccccc3)cc1)nn2C1CCC(CN2C3CCC2CN(c2ccc4c(c2)C(C(=O)C=O)N(C2CCC(=O)NC2=O)C4)C3)CC1F. The average Bonchev–Trinajstić information content (AvgIpc) is 3.89. The maximum atomic E-state index is 16.5. The van der Waals surface area contributed by atoms with Crippen LogP contribution in [0.2, 0.25) is 0 Å². The number of alkyl halides is 1. The molecule has 14 nitrogen and oxygen atoms in total. The van der Waals surface area contributed by atoms with Crippen LogP contribution in [0, 0.1) is 5.92 Å². The number of ketones is 1. The molecule has 308 valence electrons. The van der Waals surface area contributed by atoms with Gasteiger partial charge in [-0.1, -0.05) is 24.3 Å². The monoisotopic (exact) mass is 811 g/mol. The van der Waals surface area contributed by atoms with E-state index in [2.05, 4.69) is 31.2 Å². The fourth-order valence-corrected chi connectivity index (χ4v) is 10.5. The van der Waals surface area contributed by atoms with E-state index in [0.717, 1.165) is 67.0 Å². The Morgan fingerprint density at radius 3 is 2.43 bits per heavy atom. The first-order valence-corrected chi connectivity index (χ1v) is 20.9. The molecule has 4 fully saturated rings. The number of hydrogen-bond donors (Lipinski definition) is 2. The number of benzene rings is 3. The molecule has 3 aromatic carbocycles. The summed E-state index contributed by atoms with van der Waals surface area (Å²) in [6, 6.07) is 21.8. The van der Waals surface area contributed by atoms with E-state index in [9.17, 15) is 19.2 Å². The molecule has 6 heterocycles. The molecular weight excluding hydrogens is 766 g/mol. The second kappa shape index (κ2) is 15.5. The van der Waals surface area contributed by atoms with Gasteiger partial charge in [0.05, 0.1) is 17.5 Å². The Morgan fingerprint density at radius 1 is 0.933 bits per heavy atom. The number of rotatable bonds is 10. The van der Waals surface area contributed by atoms with Crippen molar-refractivity contribution in [2.45, 2.75) is 87.9 Å². The highest BCUT2D eigenvalue weighted by Crippen LogP contribution is 2.43. The van der Waals surface area contributed by atoms with Crippen molar-refractivity contribution >= 4 is 46.4 Å². The molecule has 5 aliphatic rings. The first kappa shape index (κ1) is 38.2. The van der Waals surface area contributed by atoms with Gasteiger partial charge in [-0.2, -0.15) is 5.10 Å². The number of nitrogen functional groups attached to an aromatic ring is 1. The molecule has 2 amide bonds. The second-order valence-electron chi connectivity index (χ2n) is 16.9. The van der Waals surface area contributed by atoms with Crippen molar-refractivity contribution in [2.75, 3.05) is 30.3 Å². The van der Waals surface area contributed by atoms with Gasteiger partial charge < -0.3 is 15.4 Å². The highest BCUT2D eigenvalue weighted by atomic mass is 19.1. The molecule has 0 radical (unpaired) electrons. The van der Waals surface area contributed by atoms with Gasteiger partial charge in [0.25, 0.3) is 0 Å². The Hall–Kier alpha value is -6.06. The van der Waals surface area contributed by atoms with Gasteiger partial charge in [0.15, 0.2) is 11.9 Å². The average molecular weight is 812 g/mol. The number of nitrogens with zero attached hydrogens (tertiary/aromatic N) is 7. The predicted molar refractivity (Wildman–Crippen MR) is 221 cm³/mol. The zero-order valence-corrected chi connectivity index (χ0v) is 33.0. The number of aldehydes is 1. The zero-order chi connectivity index (χ0) is 41.1. The van der Waals surface area contributed by atoms with Crippen LogP contribution < -0.4 is 20.7 Å². The summed E-state index contributed by atoms with van der Waals surface area (Å²) in [6.07, 6.45) is 5.12. The lowest BCUT2D eigenvalue weighted by Crippen LogP contribution is -2.55. The lowest BCUT2D eigenvalue weighted by molar-refractivity contribution is -0.141. The number of hydrogen-bond acceptors (Lipinski definition) is 12. The summed E-state index contributed by atoms with van der Waals surface area (Å²) < 4.78 is 24.2. The number of anilines is 2. The van der Waals surface area contributed by atoms with Crippen molar-refractivity contribution in [3.63, 3.8) is 0 Å². The Labute approximate surface area is 345 Å². The van der Waals surface area contributed by atoms with Gasteiger partial charge in [0.1, 0.15) is 41.6 Å². The summed E-state index contributed by atoms with van der Waals surface area (Å²) in [7, 11) is 0. The largest absolute Gasteiger partial charge is 0.457 e. The number of carbonyl (C=O) groups excluding carboxylic acids is 4. The fraction of sp³-hybridized carbons (Fsp3) is 0.400. The number of nitrogens with one attached hydrogen (secondary N) is 1. The first-order valence-electron chi connectivity index (χ1n) is 20.9. The van der Waals surface area contributed by atoms with E-state index in [-0.39, 0.29) is 18.2 Å². The molecule has 60 heavy (non-hydrogen) atoms. The second-order valence-corrected chi connectivity index (χ2v) is 16.9. The van der Waals surface area contributed by atoms with Crippen molar-refractivity contribution < 1.29 is 28.3 Å². The van der Waals surface area contributed by atoms with Crippen molar-refractivity contribution in [1.29, 1.82) is 0 Å². The molecule has 10 rings (SSSR count). The van der Waals surface area contributed by atoms with E-state index < -0.39 is 36.0 Å². The molecule has 1 aliphatic carbocycles. The van der Waals surface area contributed by atoms with E-state index in [0.29, 0.717) is 72.5 Å². The van der Waals surface area contributed by atoms with Crippen LogP contribution in [0.25, 0.3) is 22.3 Å². The van der Waals surface area contributed by atoms with Gasteiger partial charge >= 0.3 is 0 Å². The minimum absolute atomic E-state index is 0.187. The Bertz CT molecular complexity index is 2470. The molecule has 3 saturated heterocycles. The van der Waals surface area contributed by atoms with Crippen molar-refractivity contribution in [2.24, 2.45) is 5.92 Å². The number of carbonyl (C=O) groups is 4. The third-order valence-electron chi connectivity index (χ3n) is 13.4. The number of piperazine rings is 1. The van der Waals surface area contributed by atoms with Gasteiger partial charge in [0.2, 0.25) is 17.6 Å². The normalized spacial score (nSPS) is 26.9. The molecule has 4 aliphatic heterocycles. The topological polar surface area (TPSA) is 169 Å². The Balaban J connectivity index is 0.810. The van der Waals surface area contributed by atoms with Gasteiger partial charge in [-0.15, -0.1) is 0 Å². The van der Waals surface area contributed by atoms with Gasteiger partial charge in [-0.25, -0.2) is 19.0 Å². The van der Waals surface area contributed by atoms with Gasteiger partial charge in [0, 0.05) is 55.9 Å². The van der Waals surface area contributed by atoms with Gasteiger partial charge in [-0.3, -0.25) is 34.3 Å². The summed E-state index contributed by atoms with van der Waals surface area (Å²) in [5, 5.41) is 7.96. The summed E-state index contributed by atoms with van der Waals surface area (Å²) in [6.45, 7) is 2.78. The molecule has 15 heteroatoms. The van der Waals surface area contributed by atoms with Crippen LogP contribution in [0.15, 0.2) is 79.1 Å². The fourth-order valence-electron chi connectivity index (χ4n) is 10.5. The van der Waals surface area contributed by atoms with E-state index in [1.807, 2.05) is 66.7 Å². The number of para-hydroxylation sites is 1. The third kappa shape index (κ3) is 6.88. The molecule has 5 aromatic rings. The van der Waals surface area contributed by atoms with E-state index in [1.54, 1.807) is 9.58 Å². The minimum atomic E-state index is -1.12. The molecule has 7 atom stereocenters. The molecule has 7 unspecified atom stereocenters. The van der Waals surface area contributed by atoms with Crippen LogP contribution in [0.5, 0.6) is 11.5 Å². The number of halogens is 1. The highest BCUT2D eigenvalue weighted by molar-refractivity contribution is 6.27. The summed E-state index contributed by atoms with van der Waals surface area (Å²) in [5.41, 5.74) is 11.0. The van der Waals surface area contributed by atoms with E-state index >= 15 is 4.39 Å². The summed E-state index contributed by atoms with van der Waals surface area (Å²) in [5.74, 6) is 0.553. The van der Waals surface area contributed by atoms with Crippen LogP contribution >= 0.6 is 0 Å². The third-order valence-corrected chi connectivity index (χ3v) is 13.4. The van der Waals surface area contributed by atoms with Crippen molar-refractivity contribution in [3.8, 4) is 22.8 Å². The smallest absolute Gasteiger partial charge is 0.243 e. The molecule has 1 saturated carbocycles. The number of nitrogens with two attached hydrogens (primary N) is 1. The minimum Gasteiger partial charge on any atom is -0.457 e. The number of aromatic nitrogens is 4. The maximum Gasteiger partial charge on any atom is 0.243 e. The lowest BCUT2D eigenvalue weighted by Gasteiger charge is -2.44. The van der Waals surface area contributed by atoms with Crippen LogP contribution in [-0.4, -0.2) is 97.4 Å². The van der Waals surface area contributed by atoms with Crippen molar-refractivity contribution in [1.82, 2.24) is 34.9 Å². The lowest BCUT2D eigenvalue weighted by atomic mass is 9.84. The Kier molecular flexibility index (Phi) is 9.87. The number of ether oxygens (including phenoxy) is 1. The van der Waals surface area contributed by atoms with Crippen LogP contribution in [0.1, 0.15) is 68.2 Å². The standard InChI is InChI=1S/C45H46FN9O5/c46-35-18-26(6-15-36(35)55-44-40(43(47)48-25-49-44)41(51-55)27-8-13-33(14-9-27)60-32-4-2-1-3-5-32)20-53-30-11-12-31(53)23-52(22-30)29-10-7-28-21-54(37-16-17-39(58)50-45(37)59)42(34(28)19-29)38(57)24-56/h1-5,7-10,13-14,19,24-26,30-31,35-37,42H,6,11-12,15-18,20-23H2,(H2,47,48,49)(H,50,58,59). The summed E-state index contributed by atoms with van der Waals surface area (Å²) in [4.78, 5) is 65.1. The van der Waals surface area contributed by atoms with E-state index in [4.69, 9.17) is 15.6 Å². The van der Waals surface area contributed by atoms with Crippen LogP contribution in [0.3, 0.4) is 0 Å². The molecule has 3 N–H and O–H groups in total. The number of imide groups is 1. The molecule has 0 spiro atoms. The molecule has 2 bridgehead atoms. The highest BCUT2D eigenvalue weighted by Gasteiger charge is 2.46. The number of amides is 2. The Morgan fingerprint density at radius 2 is 1.70 bits per heavy atom. The quantitative estimate of drug-likeness (QED) is 0.106. The summed E-state index contributed by atoms with van der Waals surface area (Å²) >= 11 is 0. The number of fused-ring (bicyclic) bond motifs is 4. The number of Topliss-reactive ketones (excluding diaryl/α,β-unsaturated/α-hetero) is 1. The first-order chi connectivity index (χ1) is 29.2. The predicted octanol–water partition coefficient (Wildman–Crippen LogP) is 5.33. The van der Waals surface area contributed by atoms with Crippen LogP contribution in [0.4, 0.5) is 15.9 Å². The molecule has 2 aromatic heterocycles. The molecular formula is C45H46FN9O5. The zero-order valence-electron chi connectivity index (χ0n) is 33.0.